The fraction of sp³-hybridized carbons (Fsp3) is 0.789. The summed E-state index contributed by atoms with van der Waals surface area (Å²) < 4.78 is 39.0. The van der Waals surface area contributed by atoms with Crippen LogP contribution in [0.2, 0.25) is 0 Å². The van der Waals surface area contributed by atoms with E-state index in [1.807, 2.05) is 13.8 Å². The Balaban J connectivity index is 2.40. The number of ether oxygens (including phenoxy) is 5. The maximum absolute atomic E-state index is 11.9. The molecular formula is C19H29O11PS2. The highest BCUT2D eigenvalue weighted by Gasteiger charge is 2.54. The van der Waals surface area contributed by atoms with Gasteiger partial charge in [-0.3, -0.25) is 19.2 Å². The number of esters is 4. The molecular weight excluding hydrogens is 499 g/mol. The average molecular weight is 529 g/mol. The van der Waals surface area contributed by atoms with Crippen molar-refractivity contribution in [2.24, 2.45) is 5.41 Å². The van der Waals surface area contributed by atoms with Gasteiger partial charge in [-0.2, -0.15) is 0 Å². The van der Waals surface area contributed by atoms with Crippen LogP contribution >= 0.6 is 17.1 Å². The zero-order chi connectivity index (χ0) is 25.0. The minimum atomic E-state index is -2.94. The lowest BCUT2D eigenvalue weighted by Gasteiger charge is -2.45. The number of hydrogen-bond donors (Lipinski definition) is 0. The third-order valence-corrected chi connectivity index (χ3v) is 9.58. The quantitative estimate of drug-likeness (QED) is 0.272. The van der Waals surface area contributed by atoms with Gasteiger partial charge in [0.2, 0.25) is 5.69 Å². The first-order chi connectivity index (χ1) is 15.2. The molecule has 2 heterocycles. The largest absolute Gasteiger partial charge is 0.463 e. The first-order valence-corrected chi connectivity index (χ1v) is 14.2. The summed E-state index contributed by atoms with van der Waals surface area (Å²) in [5.41, 5.74) is -4.20. The van der Waals surface area contributed by atoms with Crippen LogP contribution in [-0.2, 0) is 63.7 Å². The van der Waals surface area contributed by atoms with E-state index in [9.17, 15) is 19.2 Å². The van der Waals surface area contributed by atoms with Gasteiger partial charge in [0, 0.05) is 33.1 Å². The van der Waals surface area contributed by atoms with Crippen LogP contribution in [0.1, 0.15) is 41.5 Å². The molecule has 0 unspecified atom stereocenters. The first kappa shape index (κ1) is 28.0. The first-order valence-electron chi connectivity index (χ1n) is 10.1. The summed E-state index contributed by atoms with van der Waals surface area (Å²) in [4.78, 5) is 46.9. The molecule has 0 N–H and O–H groups in total. The van der Waals surface area contributed by atoms with Crippen molar-refractivity contribution in [3.8, 4) is 0 Å². The van der Waals surface area contributed by atoms with Gasteiger partial charge in [0.05, 0.1) is 13.2 Å². The Morgan fingerprint density at radius 2 is 1.36 bits per heavy atom. The van der Waals surface area contributed by atoms with Crippen molar-refractivity contribution >= 4 is 52.8 Å². The van der Waals surface area contributed by atoms with Gasteiger partial charge in [-0.25, -0.2) is 0 Å². The van der Waals surface area contributed by atoms with Crippen LogP contribution in [0.3, 0.4) is 0 Å². The Bertz CT molecular complexity index is 804. The topological polar surface area (TPSA) is 133 Å². The van der Waals surface area contributed by atoms with Crippen LogP contribution in [0.15, 0.2) is 0 Å². The Hall–Kier alpha value is -1.24. The van der Waals surface area contributed by atoms with E-state index in [2.05, 4.69) is 0 Å². The summed E-state index contributed by atoms with van der Waals surface area (Å²) >= 11 is 6.60. The molecule has 0 bridgehead atoms. The predicted molar refractivity (Wildman–Crippen MR) is 120 cm³/mol. The van der Waals surface area contributed by atoms with Gasteiger partial charge in [0.1, 0.15) is 12.7 Å². The molecule has 2 fully saturated rings. The number of carbonyl (C=O) groups is 4. The van der Waals surface area contributed by atoms with Gasteiger partial charge in [-0.15, -0.1) is 0 Å². The van der Waals surface area contributed by atoms with Gasteiger partial charge in [0.15, 0.2) is 23.7 Å². The molecule has 0 aromatic carbocycles. The molecule has 33 heavy (non-hydrogen) atoms. The van der Waals surface area contributed by atoms with Gasteiger partial charge < -0.3 is 32.7 Å². The molecule has 0 aliphatic carbocycles. The van der Waals surface area contributed by atoms with Crippen molar-refractivity contribution in [1.29, 1.82) is 0 Å². The smallest absolute Gasteiger partial charge is 0.303 e. The number of rotatable bonds is 7. The van der Waals surface area contributed by atoms with Crippen LogP contribution in [0.4, 0.5) is 0 Å². The van der Waals surface area contributed by atoms with Gasteiger partial charge in [0.25, 0.3) is 0 Å². The summed E-state index contributed by atoms with van der Waals surface area (Å²) in [5.74, 6) is -2.69. The van der Waals surface area contributed by atoms with Crippen LogP contribution < -0.4 is 0 Å². The SMILES string of the molecule is CC(=O)OC[C@H]1O[C@@H](SP2(=S)OCC(C)(C)CO2)[C@H](OC(C)=O)[C@@H](OC(C)=O)[C@H]1OC(C)=O. The maximum Gasteiger partial charge on any atom is 0.303 e. The second kappa shape index (κ2) is 11.5. The third kappa shape index (κ3) is 8.48. The Morgan fingerprint density at radius 1 is 0.879 bits per heavy atom. The highest BCUT2D eigenvalue weighted by molar-refractivity contribution is 8.68. The molecule has 0 amide bonds. The molecule has 0 radical (unpaired) electrons. The lowest BCUT2D eigenvalue weighted by Crippen LogP contribution is -2.61. The summed E-state index contributed by atoms with van der Waals surface area (Å²) in [5, 5.41) is 0. The zero-order valence-corrected chi connectivity index (χ0v) is 21.8. The van der Waals surface area contributed by atoms with Gasteiger partial charge >= 0.3 is 23.9 Å². The fourth-order valence-corrected chi connectivity index (χ4v) is 8.07. The van der Waals surface area contributed by atoms with E-state index in [1.54, 1.807) is 0 Å². The second-order valence-electron chi connectivity index (χ2n) is 8.33. The van der Waals surface area contributed by atoms with Crippen LogP contribution in [0.5, 0.6) is 0 Å². The number of carbonyl (C=O) groups excluding carboxylic acids is 4. The Kier molecular flexibility index (Phi) is 9.72. The van der Waals surface area contributed by atoms with Crippen molar-refractivity contribution in [3.63, 3.8) is 0 Å². The van der Waals surface area contributed by atoms with Gasteiger partial charge in [-0.05, 0) is 23.2 Å². The minimum Gasteiger partial charge on any atom is -0.463 e. The van der Waals surface area contributed by atoms with Gasteiger partial charge in [-0.1, -0.05) is 13.8 Å². The minimum absolute atomic E-state index is 0.232. The van der Waals surface area contributed by atoms with Crippen molar-refractivity contribution in [3.05, 3.63) is 0 Å². The zero-order valence-electron chi connectivity index (χ0n) is 19.3. The van der Waals surface area contributed by atoms with Crippen molar-refractivity contribution in [2.75, 3.05) is 19.8 Å². The van der Waals surface area contributed by atoms with Crippen LogP contribution in [0.25, 0.3) is 0 Å². The highest BCUT2D eigenvalue weighted by atomic mass is 32.9. The van der Waals surface area contributed by atoms with E-state index in [0.29, 0.717) is 13.2 Å². The Labute approximate surface area is 201 Å². The molecule has 5 atom stereocenters. The molecule has 188 valence electrons. The summed E-state index contributed by atoms with van der Waals surface area (Å²) in [7, 11) is 0. The monoisotopic (exact) mass is 528 g/mol. The maximum atomic E-state index is 11.9. The summed E-state index contributed by atoms with van der Waals surface area (Å²) in [6, 6.07) is 0. The average Bonchev–Trinajstić information content (AvgIpc) is 2.67. The standard InChI is InChI=1S/C19H29O11PS2/c1-10(20)24-7-14-15(27-11(2)21)16(28-12(3)22)17(29-13(4)23)18(30-14)33-31(32)25-8-19(5,6)9-26-31/h14-18H,7-9H2,1-6H3/t14-,15+,16+,17-,18+/m1/s1. The molecule has 0 aromatic rings. The van der Waals surface area contributed by atoms with E-state index in [4.69, 9.17) is 44.5 Å². The summed E-state index contributed by atoms with van der Waals surface area (Å²) in [6.45, 7) is 9.01. The lowest BCUT2D eigenvalue weighted by molar-refractivity contribution is -0.237. The number of hydrogen-bond acceptors (Lipinski definition) is 13. The van der Waals surface area contributed by atoms with Crippen LogP contribution in [-0.4, -0.2) is 73.5 Å². The summed E-state index contributed by atoms with van der Waals surface area (Å²) in [6.07, 6.45) is -4.74. The van der Waals surface area contributed by atoms with E-state index in [-0.39, 0.29) is 12.0 Å². The molecule has 11 nitrogen and oxygen atoms in total. The predicted octanol–water partition coefficient (Wildman–Crippen LogP) is 2.10. The normalized spacial score (nSPS) is 30.5. The second-order valence-corrected chi connectivity index (χ2v) is 14.6. The van der Waals surface area contributed by atoms with E-state index < -0.39 is 59.4 Å². The van der Waals surface area contributed by atoms with E-state index in [1.165, 1.54) is 13.8 Å². The van der Waals surface area contributed by atoms with Crippen LogP contribution in [0, 0.1) is 5.41 Å². The molecule has 0 aromatic heterocycles. The Morgan fingerprint density at radius 3 is 1.85 bits per heavy atom. The van der Waals surface area contributed by atoms with Crippen molar-refractivity contribution in [2.45, 2.75) is 71.4 Å². The molecule has 2 aliphatic heterocycles. The fourth-order valence-electron chi connectivity index (χ4n) is 3.05. The highest BCUT2D eigenvalue weighted by Crippen LogP contribution is 2.67. The van der Waals surface area contributed by atoms with E-state index in [0.717, 1.165) is 25.2 Å². The lowest BCUT2D eigenvalue weighted by atomic mass is 9.97. The van der Waals surface area contributed by atoms with Crippen molar-refractivity contribution in [1.82, 2.24) is 0 Å². The van der Waals surface area contributed by atoms with Crippen molar-refractivity contribution < 1.29 is 51.9 Å². The molecule has 2 rings (SSSR count). The molecule has 0 spiro atoms. The molecule has 2 aliphatic rings. The molecule has 14 heteroatoms. The molecule has 2 saturated heterocycles. The van der Waals surface area contributed by atoms with E-state index >= 15 is 0 Å². The third-order valence-electron chi connectivity index (χ3n) is 4.41. The molecule has 0 saturated carbocycles.